The van der Waals surface area contributed by atoms with Crippen LogP contribution in [0.4, 0.5) is 4.79 Å². The first-order chi connectivity index (χ1) is 12.5. The van der Waals surface area contributed by atoms with Crippen molar-refractivity contribution in [2.75, 3.05) is 0 Å². The van der Waals surface area contributed by atoms with Gasteiger partial charge in [0.1, 0.15) is 6.61 Å². The Morgan fingerprint density at radius 3 is 2.54 bits per heavy atom. The molecule has 1 unspecified atom stereocenters. The number of aliphatic carboxylic acids is 1. The second-order valence-corrected chi connectivity index (χ2v) is 6.77. The summed E-state index contributed by atoms with van der Waals surface area (Å²) in [6.07, 6.45) is 4.15. The van der Waals surface area contributed by atoms with Gasteiger partial charge in [0.25, 0.3) is 0 Å². The smallest absolute Gasteiger partial charge is 0.411 e. The van der Waals surface area contributed by atoms with Crippen molar-refractivity contribution < 1.29 is 19.4 Å². The van der Waals surface area contributed by atoms with Gasteiger partial charge >= 0.3 is 12.1 Å². The number of hydrogen-bond donors (Lipinski definition) is 1. The molecule has 1 N–H and O–H groups in total. The number of carboxylic acid groups (broad SMARTS) is 1. The van der Waals surface area contributed by atoms with Crippen LogP contribution in [0.25, 0.3) is 0 Å². The summed E-state index contributed by atoms with van der Waals surface area (Å²) < 4.78 is 7.08. The van der Waals surface area contributed by atoms with E-state index in [2.05, 4.69) is 5.10 Å². The molecular formula is C19H23N3O4. The maximum atomic E-state index is 12.7. The number of amides is 1. The first-order valence-corrected chi connectivity index (χ1v) is 8.73. The van der Waals surface area contributed by atoms with Crippen LogP contribution in [-0.4, -0.2) is 37.9 Å². The SMILES string of the molecule is CC(C)n1cc(C(C(=O)O)N(C(=O)OCc2ccccc2)C2CC2)cn1. The van der Waals surface area contributed by atoms with Gasteiger partial charge in [-0.15, -0.1) is 0 Å². The van der Waals surface area contributed by atoms with Crippen molar-refractivity contribution in [2.45, 2.75) is 51.4 Å². The second-order valence-electron chi connectivity index (χ2n) is 6.77. The maximum Gasteiger partial charge on any atom is 0.411 e. The number of ether oxygens (including phenoxy) is 1. The molecule has 7 nitrogen and oxygen atoms in total. The highest BCUT2D eigenvalue weighted by Crippen LogP contribution is 2.35. The summed E-state index contributed by atoms with van der Waals surface area (Å²) in [7, 11) is 0. The van der Waals surface area contributed by atoms with Crippen molar-refractivity contribution in [3.63, 3.8) is 0 Å². The Kier molecular flexibility index (Phi) is 5.25. The normalized spacial score (nSPS) is 14.9. The molecule has 0 radical (unpaired) electrons. The standard InChI is InChI=1S/C19H23N3O4/c1-13(2)21-11-15(10-20-21)17(18(23)24)22(16-8-9-16)19(25)26-12-14-6-4-3-5-7-14/h3-7,10-11,13,16-17H,8-9,12H2,1-2H3,(H,23,24). The zero-order valence-corrected chi connectivity index (χ0v) is 14.9. The Morgan fingerprint density at radius 1 is 1.31 bits per heavy atom. The topological polar surface area (TPSA) is 84.7 Å². The lowest BCUT2D eigenvalue weighted by Gasteiger charge is -2.27. The van der Waals surface area contributed by atoms with E-state index in [1.807, 2.05) is 44.2 Å². The van der Waals surface area contributed by atoms with Gasteiger partial charge in [-0.1, -0.05) is 30.3 Å². The fourth-order valence-corrected chi connectivity index (χ4v) is 2.81. The van der Waals surface area contributed by atoms with E-state index >= 15 is 0 Å². The minimum Gasteiger partial charge on any atom is -0.479 e. The van der Waals surface area contributed by atoms with Crippen molar-refractivity contribution >= 4 is 12.1 Å². The molecule has 0 spiro atoms. The number of aromatic nitrogens is 2. The zero-order valence-electron chi connectivity index (χ0n) is 14.9. The van der Waals surface area contributed by atoms with Gasteiger partial charge in [-0.25, -0.2) is 9.59 Å². The van der Waals surface area contributed by atoms with Crippen LogP contribution in [0.5, 0.6) is 0 Å². The van der Waals surface area contributed by atoms with E-state index in [1.165, 1.54) is 11.1 Å². The molecule has 1 aliphatic rings. The van der Waals surface area contributed by atoms with Crippen LogP contribution in [0.1, 0.15) is 49.9 Å². The minimum absolute atomic E-state index is 0.109. The summed E-state index contributed by atoms with van der Waals surface area (Å²) in [5.41, 5.74) is 1.34. The van der Waals surface area contributed by atoms with Gasteiger partial charge in [0, 0.05) is 23.8 Å². The summed E-state index contributed by atoms with van der Waals surface area (Å²) in [5, 5.41) is 14.0. The lowest BCUT2D eigenvalue weighted by Crippen LogP contribution is -2.40. The molecule has 1 fully saturated rings. The molecule has 3 rings (SSSR count). The van der Waals surface area contributed by atoms with Gasteiger partial charge in [-0.3, -0.25) is 9.58 Å². The van der Waals surface area contributed by atoms with Crippen LogP contribution in [-0.2, 0) is 16.1 Å². The minimum atomic E-state index is -1.10. The predicted molar refractivity (Wildman–Crippen MR) is 94.5 cm³/mol. The molecule has 2 aromatic rings. The Hall–Kier alpha value is -2.83. The highest BCUT2D eigenvalue weighted by molar-refractivity contribution is 5.81. The molecular weight excluding hydrogens is 334 g/mol. The molecule has 26 heavy (non-hydrogen) atoms. The number of hydrogen-bond acceptors (Lipinski definition) is 4. The molecule has 1 aliphatic carbocycles. The van der Waals surface area contributed by atoms with Crippen LogP contribution in [0.2, 0.25) is 0 Å². The van der Waals surface area contributed by atoms with Crippen molar-refractivity contribution in [3.8, 4) is 0 Å². The van der Waals surface area contributed by atoms with Crippen molar-refractivity contribution in [2.24, 2.45) is 0 Å². The maximum absolute atomic E-state index is 12.7. The quantitative estimate of drug-likeness (QED) is 0.821. The Morgan fingerprint density at radius 2 is 2.00 bits per heavy atom. The second kappa shape index (κ2) is 7.59. The Balaban J connectivity index is 1.79. The van der Waals surface area contributed by atoms with E-state index in [1.54, 1.807) is 10.9 Å². The average molecular weight is 357 g/mol. The summed E-state index contributed by atoms with van der Waals surface area (Å²) >= 11 is 0. The van der Waals surface area contributed by atoms with Gasteiger partial charge < -0.3 is 9.84 Å². The molecule has 0 bridgehead atoms. The van der Waals surface area contributed by atoms with E-state index in [0.717, 1.165) is 18.4 Å². The van der Waals surface area contributed by atoms with Crippen LogP contribution >= 0.6 is 0 Å². The molecule has 1 aromatic carbocycles. The predicted octanol–water partition coefficient (Wildman–Crippen LogP) is 3.39. The molecule has 0 aliphatic heterocycles. The van der Waals surface area contributed by atoms with Crippen molar-refractivity contribution in [3.05, 3.63) is 53.9 Å². The number of carbonyl (C=O) groups excluding carboxylic acids is 1. The lowest BCUT2D eigenvalue weighted by molar-refractivity contribution is -0.143. The van der Waals surface area contributed by atoms with Crippen LogP contribution < -0.4 is 0 Å². The molecule has 138 valence electrons. The van der Waals surface area contributed by atoms with Crippen molar-refractivity contribution in [1.82, 2.24) is 14.7 Å². The summed E-state index contributed by atoms with van der Waals surface area (Å²) in [4.78, 5) is 26.0. The van der Waals surface area contributed by atoms with E-state index in [9.17, 15) is 14.7 Å². The molecule has 1 saturated carbocycles. The molecule has 1 amide bonds. The molecule has 1 aromatic heterocycles. The van der Waals surface area contributed by atoms with E-state index < -0.39 is 18.1 Å². The first kappa shape index (κ1) is 18.0. The molecule has 1 atom stereocenters. The van der Waals surface area contributed by atoms with Crippen LogP contribution in [0, 0.1) is 0 Å². The fourth-order valence-electron chi connectivity index (χ4n) is 2.81. The Bertz CT molecular complexity index is 768. The highest BCUT2D eigenvalue weighted by atomic mass is 16.6. The summed E-state index contributed by atoms with van der Waals surface area (Å²) in [6.45, 7) is 4.03. The molecule has 0 saturated heterocycles. The third-order valence-electron chi connectivity index (χ3n) is 4.33. The number of benzene rings is 1. The van der Waals surface area contributed by atoms with Gasteiger partial charge in [-0.2, -0.15) is 5.10 Å². The lowest BCUT2D eigenvalue weighted by atomic mass is 10.1. The van der Waals surface area contributed by atoms with Gasteiger partial charge in [0.05, 0.1) is 6.20 Å². The number of nitrogens with zero attached hydrogens (tertiary/aromatic N) is 3. The molecule has 7 heteroatoms. The van der Waals surface area contributed by atoms with Gasteiger partial charge in [-0.05, 0) is 32.3 Å². The van der Waals surface area contributed by atoms with Gasteiger partial charge in [0.2, 0.25) is 0 Å². The van der Waals surface area contributed by atoms with Crippen LogP contribution in [0.3, 0.4) is 0 Å². The van der Waals surface area contributed by atoms with Crippen molar-refractivity contribution in [1.29, 1.82) is 0 Å². The van der Waals surface area contributed by atoms with E-state index in [4.69, 9.17) is 4.74 Å². The first-order valence-electron chi connectivity index (χ1n) is 8.73. The summed E-state index contributed by atoms with van der Waals surface area (Å²) in [5.74, 6) is -1.09. The molecule has 1 heterocycles. The monoisotopic (exact) mass is 357 g/mol. The summed E-state index contributed by atoms with van der Waals surface area (Å²) in [6, 6.07) is 8.23. The van der Waals surface area contributed by atoms with Gasteiger partial charge in [0.15, 0.2) is 6.04 Å². The van der Waals surface area contributed by atoms with E-state index in [0.29, 0.717) is 5.56 Å². The zero-order chi connectivity index (χ0) is 18.7. The highest BCUT2D eigenvalue weighted by Gasteiger charge is 2.43. The third-order valence-corrected chi connectivity index (χ3v) is 4.33. The average Bonchev–Trinajstić information content (AvgIpc) is 3.33. The fraction of sp³-hybridized carbons (Fsp3) is 0.421. The number of carbonyl (C=O) groups is 2. The Labute approximate surface area is 152 Å². The number of carboxylic acids is 1. The third kappa shape index (κ3) is 4.04. The van der Waals surface area contributed by atoms with E-state index in [-0.39, 0.29) is 18.7 Å². The largest absolute Gasteiger partial charge is 0.479 e. The van der Waals surface area contributed by atoms with Crippen LogP contribution in [0.15, 0.2) is 42.7 Å². The number of rotatable bonds is 7.